The molecule has 0 aromatic heterocycles. The van der Waals surface area contributed by atoms with E-state index in [0.717, 1.165) is 25.7 Å². The lowest BCUT2D eigenvalue weighted by atomic mass is 9.91. The fourth-order valence-corrected chi connectivity index (χ4v) is 2.69. The number of benzene rings is 1. The molecule has 0 radical (unpaired) electrons. The molecule has 0 heterocycles. The fourth-order valence-electron chi connectivity index (χ4n) is 2.47. The molecule has 1 saturated carbocycles. The van der Waals surface area contributed by atoms with Crippen LogP contribution in [0.15, 0.2) is 24.3 Å². The average Bonchev–Trinajstić information content (AvgIpc) is 2.41. The third-order valence-corrected chi connectivity index (χ3v) is 3.84. The standard InChI is InChI=1S/C14H17ClN2O3/c15-12-4-2-1-3-11(12)13(18)16-9-5-7-10(8-6-9)17-14(19)20/h1-4,9-10,17H,5-8H2,(H,16,18)(H,19,20). The number of hydrogen-bond donors (Lipinski definition) is 3. The van der Waals surface area contributed by atoms with Crippen molar-refractivity contribution in [1.29, 1.82) is 0 Å². The molecule has 20 heavy (non-hydrogen) atoms. The molecule has 5 nitrogen and oxygen atoms in total. The van der Waals surface area contributed by atoms with Crippen molar-refractivity contribution >= 4 is 23.6 Å². The van der Waals surface area contributed by atoms with Gasteiger partial charge in [-0.15, -0.1) is 0 Å². The quantitative estimate of drug-likeness (QED) is 0.802. The van der Waals surface area contributed by atoms with Gasteiger partial charge in [0.05, 0.1) is 10.6 Å². The number of carbonyl (C=O) groups is 2. The smallest absolute Gasteiger partial charge is 0.404 e. The van der Waals surface area contributed by atoms with Crippen LogP contribution < -0.4 is 10.6 Å². The first-order chi connectivity index (χ1) is 9.56. The van der Waals surface area contributed by atoms with Gasteiger partial charge >= 0.3 is 6.09 Å². The summed E-state index contributed by atoms with van der Waals surface area (Å²) in [7, 11) is 0. The monoisotopic (exact) mass is 296 g/mol. The maximum Gasteiger partial charge on any atom is 0.404 e. The molecule has 0 atom stereocenters. The highest BCUT2D eigenvalue weighted by atomic mass is 35.5. The van der Waals surface area contributed by atoms with Crippen molar-refractivity contribution in [1.82, 2.24) is 10.6 Å². The molecule has 0 unspecified atom stereocenters. The van der Waals surface area contributed by atoms with Gasteiger partial charge in [-0.2, -0.15) is 0 Å². The topological polar surface area (TPSA) is 78.4 Å². The molecule has 2 rings (SSSR count). The van der Waals surface area contributed by atoms with Crippen LogP contribution in [0.1, 0.15) is 36.0 Å². The molecule has 0 aliphatic heterocycles. The highest BCUT2D eigenvalue weighted by molar-refractivity contribution is 6.33. The van der Waals surface area contributed by atoms with Crippen LogP contribution in [0, 0.1) is 0 Å². The van der Waals surface area contributed by atoms with Crippen LogP contribution in [-0.4, -0.2) is 29.2 Å². The van der Waals surface area contributed by atoms with Gasteiger partial charge < -0.3 is 15.7 Å². The molecule has 1 aliphatic carbocycles. The van der Waals surface area contributed by atoms with Gasteiger partial charge in [-0.25, -0.2) is 4.79 Å². The summed E-state index contributed by atoms with van der Waals surface area (Å²) in [6.45, 7) is 0. The lowest BCUT2D eigenvalue weighted by Crippen LogP contribution is -2.43. The molecular formula is C14H17ClN2O3. The maximum atomic E-state index is 12.1. The summed E-state index contributed by atoms with van der Waals surface area (Å²) >= 11 is 5.98. The number of rotatable bonds is 3. The highest BCUT2D eigenvalue weighted by Crippen LogP contribution is 2.20. The van der Waals surface area contributed by atoms with Crippen molar-refractivity contribution in [2.24, 2.45) is 0 Å². The van der Waals surface area contributed by atoms with E-state index in [0.29, 0.717) is 10.6 Å². The molecular weight excluding hydrogens is 280 g/mol. The molecule has 2 amide bonds. The zero-order valence-corrected chi connectivity index (χ0v) is 11.7. The Hall–Kier alpha value is -1.75. The summed E-state index contributed by atoms with van der Waals surface area (Å²) in [5.41, 5.74) is 0.472. The van der Waals surface area contributed by atoms with Crippen LogP contribution in [0.5, 0.6) is 0 Å². The molecule has 108 valence electrons. The van der Waals surface area contributed by atoms with Crippen molar-refractivity contribution in [3.8, 4) is 0 Å². The Morgan fingerprint density at radius 1 is 1.05 bits per heavy atom. The summed E-state index contributed by atoms with van der Waals surface area (Å²) in [4.78, 5) is 22.6. The first kappa shape index (κ1) is 14.7. The number of carbonyl (C=O) groups excluding carboxylic acids is 1. The van der Waals surface area contributed by atoms with Gasteiger partial charge in [-0.1, -0.05) is 23.7 Å². The Kier molecular flexibility index (Phi) is 4.84. The van der Waals surface area contributed by atoms with Gasteiger partial charge in [0.1, 0.15) is 0 Å². The first-order valence-corrected chi connectivity index (χ1v) is 6.99. The molecule has 0 bridgehead atoms. The summed E-state index contributed by atoms with van der Waals surface area (Å²) in [5.74, 6) is -0.176. The van der Waals surface area contributed by atoms with E-state index >= 15 is 0 Å². The third kappa shape index (κ3) is 3.87. The van der Waals surface area contributed by atoms with Gasteiger partial charge in [0.2, 0.25) is 0 Å². The molecule has 0 saturated heterocycles. The number of hydrogen-bond acceptors (Lipinski definition) is 2. The molecule has 1 aromatic rings. The lowest BCUT2D eigenvalue weighted by molar-refractivity contribution is 0.0923. The van der Waals surface area contributed by atoms with E-state index < -0.39 is 6.09 Å². The second-order valence-electron chi connectivity index (χ2n) is 4.95. The van der Waals surface area contributed by atoms with Crippen molar-refractivity contribution in [3.05, 3.63) is 34.9 Å². The average molecular weight is 297 g/mol. The Labute approximate surface area is 122 Å². The van der Waals surface area contributed by atoms with E-state index in [1.165, 1.54) is 0 Å². The predicted octanol–water partition coefficient (Wildman–Crippen LogP) is 2.65. The highest BCUT2D eigenvalue weighted by Gasteiger charge is 2.24. The van der Waals surface area contributed by atoms with Crippen molar-refractivity contribution in [2.75, 3.05) is 0 Å². The number of carboxylic acid groups (broad SMARTS) is 1. The van der Waals surface area contributed by atoms with Gasteiger partial charge in [-0.05, 0) is 37.8 Å². The van der Waals surface area contributed by atoms with E-state index in [-0.39, 0.29) is 18.0 Å². The second-order valence-corrected chi connectivity index (χ2v) is 5.36. The Bertz CT molecular complexity index is 499. The Morgan fingerprint density at radius 2 is 1.60 bits per heavy atom. The summed E-state index contributed by atoms with van der Waals surface area (Å²) in [5, 5.41) is 14.5. The third-order valence-electron chi connectivity index (χ3n) is 3.51. The fraction of sp³-hybridized carbons (Fsp3) is 0.429. The van der Waals surface area contributed by atoms with Gasteiger partial charge in [-0.3, -0.25) is 4.79 Å². The van der Waals surface area contributed by atoms with Gasteiger partial charge in [0.15, 0.2) is 0 Å². The normalized spacial score (nSPS) is 22.1. The largest absolute Gasteiger partial charge is 0.465 e. The number of halogens is 1. The van der Waals surface area contributed by atoms with Crippen LogP contribution in [0.4, 0.5) is 4.79 Å². The molecule has 1 fully saturated rings. The van der Waals surface area contributed by atoms with Gasteiger partial charge in [0, 0.05) is 12.1 Å². The van der Waals surface area contributed by atoms with Crippen molar-refractivity contribution in [3.63, 3.8) is 0 Å². The zero-order chi connectivity index (χ0) is 14.5. The van der Waals surface area contributed by atoms with Gasteiger partial charge in [0.25, 0.3) is 5.91 Å². The minimum atomic E-state index is -0.992. The van der Waals surface area contributed by atoms with Crippen LogP contribution in [-0.2, 0) is 0 Å². The molecule has 6 heteroatoms. The maximum absolute atomic E-state index is 12.1. The van der Waals surface area contributed by atoms with E-state index in [4.69, 9.17) is 16.7 Å². The van der Waals surface area contributed by atoms with E-state index in [1.807, 2.05) is 0 Å². The zero-order valence-electron chi connectivity index (χ0n) is 10.9. The summed E-state index contributed by atoms with van der Waals surface area (Å²) < 4.78 is 0. The molecule has 3 N–H and O–H groups in total. The van der Waals surface area contributed by atoms with Crippen molar-refractivity contribution < 1.29 is 14.7 Å². The predicted molar refractivity (Wildman–Crippen MR) is 76.1 cm³/mol. The van der Waals surface area contributed by atoms with E-state index in [2.05, 4.69) is 10.6 Å². The SMILES string of the molecule is O=C(O)NC1CCC(NC(=O)c2ccccc2Cl)CC1. The Morgan fingerprint density at radius 3 is 2.15 bits per heavy atom. The second kappa shape index (κ2) is 6.61. The number of amides is 2. The van der Waals surface area contributed by atoms with E-state index in [1.54, 1.807) is 24.3 Å². The van der Waals surface area contributed by atoms with E-state index in [9.17, 15) is 9.59 Å². The molecule has 1 aromatic carbocycles. The minimum Gasteiger partial charge on any atom is -0.465 e. The lowest BCUT2D eigenvalue weighted by Gasteiger charge is -2.29. The minimum absolute atomic E-state index is 0.0130. The van der Waals surface area contributed by atoms with Crippen LogP contribution >= 0.6 is 11.6 Å². The van der Waals surface area contributed by atoms with Crippen molar-refractivity contribution in [2.45, 2.75) is 37.8 Å². The number of nitrogens with one attached hydrogen (secondary N) is 2. The van der Waals surface area contributed by atoms with Crippen LogP contribution in [0.2, 0.25) is 5.02 Å². The summed E-state index contributed by atoms with van der Waals surface area (Å²) in [6, 6.07) is 6.99. The molecule has 0 spiro atoms. The summed E-state index contributed by atoms with van der Waals surface area (Å²) in [6.07, 6.45) is 2.01. The Balaban J connectivity index is 1.85. The van der Waals surface area contributed by atoms with Crippen LogP contribution in [0.25, 0.3) is 0 Å². The first-order valence-electron chi connectivity index (χ1n) is 6.61. The van der Waals surface area contributed by atoms with Crippen LogP contribution in [0.3, 0.4) is 0 Å². The molecule has 1 aliphatic rings.